The minimum absolute atomic E-state index is 0.185. The molecule has 0 radical (unpaired) electrons. The van der Waals surface area contributed by atoms with E-state index in [4.69, 9.17) is 13.9 Å². The number of halogens is 1. The van der Waals surface area contributed by atoms with Crippen molar-refractivity contribution in [3.63, 3.8) is 0 Å². The van der Waals surface area contributed by atoms with Gasteiger partial charge in [-0.2, -0.15) is 0 Å². The van der Waals surface area contributed by atoms with Crippen molar-refractivity contribution in [3.05, 3.63) is 70.0 Å². The SMILES string of the molecule is COc1ccc(CNC(=O)c2cc3cc(F)ccc3c(=O)o2)cc1OC. The van der Waals surface area contributed by atoms with Crippen LogP contribution in [0.2, 0.25) is 0 Å². The van der Waals surface area contributed by atoms with E-state index in [0.717, 1.165) is 11.6 Å². The van der Waals surface area contributed by atoms with E-state index >= 15 is 0 Å². The fourth-order valence-electron chi connectivity index (χ4n) is 2.54. The molecule has 0 saturated heterocycles. The molecule has 6 nitrogen and oxygen atoms in total. The minimum Gasteiger partial charge on any atom is -0.493 e. The van der Waals surface area contributed by atoms with Gasteiger partial charge in [0.1, 0.15) is 5.82 Å². The van der Waals surface area contributed by atoms with Crippen LogP contribution in [0.15, 0.2) is 51.7 Å². The highest BCUT2D eigenvalue weighted by Crippen LogP contribution is 2.27. The summed E-state index contributed by atoms with van der Waals surface area (Å²) in [7, 11) is 3.05. The first-order valence-corrected chi connectivity index (χ1v) is 7.74. The van der Waals surface area contributed by atoms with Gasteiger partial charge in [-0.15, -0.1) is 0 Å². The number of carbonyl (C=O) groups excluding carboxylic acids is 1. The van der Waals surface area contributed by atoms with Crippen LogP contribution in [-0.4, -0.2) is 20.1 Å². The summed E-state index contributed by atoms with van der Waals surface area (Å²) < 4.78 is 28.7. The number of hydrogen-bond donors (Lipinski definition) is 1. The molecule has 0 saturated carbocycles. The number of benzene rings is 2. The molecule has 0 bridgehead atoms. The van der Waals surface area contributed by atoms with E-state index in [-0.39, 0.29) is 17.7 Å². The molecule has 2 aromatic carbocycles. The third kappa shape index (κ3) is 3.51. The maximum Gasteiger partial charge on any atom is 0.344 e. The first kappa shape index (κ1) is 17.5. The van der Waals surface area contributed by atoms with Gasteiger partial charge in [0.15, 0.2) is 17.3 Å². The Bertz CT molecular complexity index is 1030. The van der Waals surface area contributed by atoms with Crippen molar-refractivity contribution in [2.24, 2.45) is 0 Å². The second kappa shape index (κ2) is 7.26. The van der Waals surface area contributed by atoms with E-state index in [9.17, 15) is 14.0 Å². The number of ether oxygens (including phenoxy) is 2. The largest absolute Gasteiger partial charge is 0.493 e. The van der Waals surface area contributed by atoms with Gasteiger partial charge in [-0.3, -0.25) is 4.79 Å². The molecule has 1 aromatic heterocycles. The lowest BCUT2D eigenvalue weighted by Crippen LogP contribution is -2.24. The van der Waals surface area contributed by atoms with Crippen LogP contribution in [0.25, 0.3) is 10.8 Å². The summed E-state index contributed by atoms with van der Waals surface area (Å²) >= 11 is 0. The van der Waals surface area contributed by atoms with Crippen molar-refractivity contribution < 1.29 is 23.1 Å². The van der Waals surface area contributed by atoms with Gasteiger partial charge in [-0.25, -0.2) is 9.18 Å². The summed E-state index contributed by atoms with van der Waals surface area (Å²) in [5.41, 5.74) is 0.0731. The van der Waals surface area contributed by atoms with Crippen molar-refractivity contribution in [2.45, 2.75) is 6.54 Å². The van der Waals surface area contributed by atoms with Crippen molar-refractivity contribution in [1.82, 2.24) is 5.32 Å². The zero-order valence-corrected chi connectivity index (χ0v) is 14.2. The molecule has 0 aliphatic carbocycles. The lowest BCUT2D eigenvalue weighted by molar-refractivity contribution is 0.0919. The van der Waals surface area contributed by atoms with Gasteiger partial charge in [0.2, 0.25) is 0 Å². The smallest absolute Gasteiger partial charge is 0.344 e. The van der Waals surface area contributed by atoms with Gasteiger partial charge in [0.05, 0.1) is 19.6 Å². The first-order chi connectivity index (χ1) is 12.5. The molecule has 3 rings (SSSR count). The Morgan fingerprint density at radius 3 is 2.58 bits per heavy atom. The fraction of sp³-hybridized carbons (Fsp3) is 0.158. The third-order valence-corrected chi connectivity index (χ3v) is 3.85. The molecule has 0 aliphatic heterocycles. The molecule has 0 atom stereocenters. The highest BCUT2D eigenvalue weighted by Gasteiger charge is 2.13. The van der Waals surface area contributed by atoms with Crippen LogP contribution >= 0.6 is 0 Å². The number of fused-ring (bicyclic) bond motifs is 1. The Kier molecular flexibility index (Phi) is 4.88. The topological polar surface area (TPSA) is 77.8 Å². The van der Waals surface area contributed by atoms with Crippen LogP contribution in [0.1, 0.15) is 16.1 Å². The molecule has 7 heteroatoms. The monoisotopic (exact) mass is 357 g/mol. The van der Waals surface area contributed by atoms with E-state index in [2.05, 4.69) is 5.32 Å². The maximum absolute atomic E-state index is 13.3. The lowest BCUT2D eigenvalue weighted by atomic mass is 10.1. The van der Waals surface area contributed by atoms with Gasteiger partial charge in [-0.05, 0) is 47.3 Å². The molecule has 26 heavy (non-hydrogen) atoms. The molecule has 0 spiro atoms. The molecule has 0 unspecified atom stereocenters. The second-order valence-corrected chi connectivity index (χ2v) is 5.50. The molecule has 134 valence electrons. The first-order valence-electron chi connectivity index (χ1n) is 7.74. The predicted molar refractivity (Wildman–Crippen MR) is 93.2 cm³/mol. The highest BCUT2D eigenvalue weighted by atomic mass is 19.1. The summed E-state index contributed by atoms with van der Waals surface area (Å²) in [5, 5.41) is 3.16. The van der Waals surface area contributed by atoms with Crippen molar-refractivity contribution in [2.75, 3.05) is 14.2 Å². The zero-order valence-electron chi connectivity index (χ0n) is 14.2. The second-order valence-electron chi connectivity index (χ2n) is 5.50. The number of amides is 1. The lowest BCUT2D eigenvalue weighted by Gasteiger charge is -2.10. The Balaban J connectivity index is 1.80. The van der Waals surface area contributed by atoms with Crippen molar-refractivity contribution in [1.29, 1.82) is 0 Å². The van der Waals surface area contributed by atoms with Crippen LogP contribution in [-0.2, 0) is 6.54 Å². The standard InChI is InChI=1S/C19H16FNO5/c1-24-15-6-3-11(7-16(15)25-2)10-21-18(22)17-9-12-8-13(20)4-5-14(12)19(23)26-17/h3-9H,10H2,1-2H3,(H,21,22). The number of carbonyl (C=O) groups is 1. The molecular weight excluding hydrogens is 341 g/mol. The predicted octanol–water partition coefficient (Wildman–Crippen LogP) is 2.88. The van der Waals surface area contributed by atoms with E-state index < -0.39 is 17.3 Å². The quantitative estimate of drug-likeness (QED) is 0.760. The summed E-state index contributed by atoms with van der Waals surface area (Å²) in [4.78, 5) is 24.2. The molecule has 0 fully saturated rings. The van der Waals surface area contributed by atoms with Gasteiger partial charge >= 0.3 is 5.63 Å². The van der Waals surface area contributed by atoms with Crippen LogP contribution in [0.5, 0.6) is 11.5 Å². The number of nitrogens with one attached hydrogen (secondary N) is 1. The van der Waals surface area contributed by atoms with Crippen LogP contribution in [0, 0.1) is 5.82 Å². The maximum atomic E-state index is 13.3. The molecule has 0 aliphatic rings. The fourth-order valence-corrected chi connectivity index (χ4v) is 2.54. The number of methoxy groups -OCH3 is 2. The van der Waals surface area contributed by atoms with Gasteiger partial charge in [0, 0.05) is 6.54 Å². The van der Waals surface area contributed by atoms with E-state index in [1.165, 1.54) is 32.4 Å². The van der Waals surface area contributed by atoms with Crippen LogP contribution in [0.3, 0.4) is 0 Å². The summed E-state index contributed by atoms with van der Waals surface area (Å²) in [6.45, 7) is 0.185. The number of hydrogen-bond acceptors (Lipinski definition) is 5. The Morgan fingerprint density at radius 2 is 1.85 bits per heavy atom. The third-order valence-electron chi connectivity index (χ3n) is 3.85. The molecule has 1 amide bonds. The highest BCUT2D eigenvalue weighted by molar-refractivity contribution is 5.95. The Labute approximate surface area is 148 Å². The Morgan fingerprint density at radius 1 is 1.08 bits per heavy atom. The van der Waals surface area contributed by atoms with Gasteiger partial charge in [-0.1, -0.05) is 6.07 Å². The average Bonchev–Trinajstić information content (AvgIpc) is 2.65. The normalized spacial score (nSPS) is 10.6. The van der Waals surface area contributed by atoms with Crippen molar-refractivity contribution >= 4 is 16.7 Å². The molecule has 1 heterocycles. The Hall–Kier alpha value is -3.35. The van der Waals surface area contributed by atoms with Crippen LogP contribution < -0.4 is 20.4 Å². The molecular formula is C19H16FNO5. The average molecular weight is 357 g/mol. The molecule has 1 N–H and O–H groups in total. The summed E-state index contributed by atoms with van der Waals surface area (Å²) in [6.07, 6.45) is 0. The minimum atomic E-state index is -0.696. The summed E-state index contributed by atoms with van der Waals surface area (Å²) in [5.74, 6) is -0.159. The zero-order chi connectivity index (χ0) is 18.7. The van der Waals surface area contributed by atoms with Gasteiger partial charge in [0.25, 0.3) is 5.91 Å². The van der Waals surface area contributed by atoms with E-state index in [1.54, 1.807) is 18.2 Å². The number of rotatable bonds is 5. The van der Waals surface area contributed by atoms with Crippen LogP contribution in [0.4, 0.5) is 4.39 Å². The van der Waals surface area contributed by atoms with Gasteiger partial charge < -0.3 is 19.2 Å². The molecule has 3 aromatic rings. The van der Waals surface area contributed by atoms with E-state index in [1.807, 2.05) is 0 Å². The van der Waals surface area contributed by atoms with Crippen molar-refractivity contribution in [3.8, 4) is 11.5 Å². The summed E-state index contributed by atoms with van der Waals surface area (Å²) in [6, 6.07) is 10.2. The van der Waals surface area contributed by atoms with E-state index in [0.29, 0.717) is 16.9 Å².